The number of nitrogens with zero attached hydrogens (tertiary/aromatic N) is 3. The van der Waals surface area contributed by atoms with Gasteiger partial charge in [0.25, 0.3) is 0 Å². The lowest BCUT2D eigenvalue weighted by Gasteiger charge is -2.23. The van der Waals surface area contributed by atoms with Gasteiger partial charge in [-0.15, -0.1) is 0 Å². The Labute approximate surface area is 160 Å². The van der Waals surface area contributed by atoms with Crippen LogP contribution < -0.4 is 10.2 Å². The molecule has 0 atom stereocenters. The zero-order valence-electron chi connectivity index (χ0n) is 16.0. The minimum Gasteiger partial charge on any atom is -0.354 e. The van der Waals surface area contributed by atoms with Crippen molar-refractivity contribution in [3.05, 3.63) is 77.2 Å². The number of nitrogens with one attached hydrogen (secondary N) is 1. The number of aryl methyl sites for hydroxylation is 2. The standard InChI is InChI=1S/C22H25FN4/c1-4-27(19-10-7-8-16(2)14-19)21-15-17(3)25-22(26-21)24-13-12-18-9-5-6-11-20(18)23/h5-11,14-15H,4,12-13H2,1-3H3,(H,24,25,26). The fraction of sp³-hybridized carbons (Fsp3) is 0.273. The monoisotopic (exact) mass is 364 g/mol. The Bertz CT molecular complexity index is 910. The smallest absolute Gasteiger partial charge is 0.224 e. The van der Waals surface area contributed by atoms with Gasteiger partial charge in [0, 0.05) is 30.5 Å². The third-order valence-corrected chi connectivity index (χ3v) is 4.38. The number of rotatable bonds is 7. The van der Waals surface area contributed by atoms with Crippen LogP contribution in [0.25, 0.3) is 0 Å². The molecule has 140 valence electrons. The summed E-state index contributed by atoms with van der Waals surface area (Å²) >= 11 is 0. The highest BCUT2D eigenvalue weighted by Crippen LogP contribution is 2.25. The Kier molecular flexibility index (Phi) is 6.01. The van der Waals surface area contributed by atoms with Gasteiger partial charge in [-0.3, -0.25) is 0 Å². The quantitative estimate of drug-likeness (QED) is 0.637. The highest BCUT2D eigenvalue weighted by atomic mass is 19.1. The molecular formula is C22H25FN4. The van der Waals surface area contributed by atoms with Crippen LogP contribution in [0.1, 0.15) is 23.7 Å². The van der Waals surface area contributed by atoms with Crippen LogP contribution in [0.2, 0.25) is 0 Å². The molecule has 0 aliphatic carbocycles. The van der Waals surface area contributed by atoms with Crippen molar-refractivity contribution >= 4 is 17.5 Å². The summed E-state index contributed by atoms with van der Waals surface area (Å²) in [6.45, 7) is 7.51. The van der Waals surface area contributed by atoms with E-state index in [1.54, 1.807) is 12.1 Å². The van der Waals surface area contributed by atoms with Gasteiger partial charge in [-0.05, 0) is 56.5 Å². The van der Waals surface area contributed by atoms with Crippen molar-refractivity contribution in [2.45, 2.75) is 27.2 Å². The van der Waals surface area contributed by atoms with E-state index >= 15 is 0 Å². The molecule has 0 aliphatic heterocycles. The van der Waals surface area contributed by atoms with E-state index < -0.39 is 0 Å². The summed E-state index contributed by atoms with van der Waals surface area (Å²) in [4.78, 5) is 11.3. The van der Waals surface area contributed by atoms with E-state index in [0.717, 1.165) is 23.7 Å². The van der Waals surface area contributed by atoms with Crippen molar-refractivity contribution < 1.29 is 4.39 Å². The molecule has 0 saturated carbocycles. The summed E-state index contributed by atoms with van der Waals surface area (Å²) in [6, 6.07) is 17.2. The number of aromatic nitrogens is 2. The van der Waals surface area contributed by atoms with Crippen molar-refractivity contribution in [2.24, 2.45) is 0 Å². The third-order valence-electron chi connectivity index (χ3n) is 4.38. The largest absolute Gasteiger partial charge is 0.354 e. The molecule has 0 amide bonds. The van der Waals surface area contributed by atoms with Crippen LogP contribution in [-0.2, 0) is 6.42 Å². The summed E-state index contributed by atoms with van der Waals surface area (Å²) < 4.78 is 13.7. The maximum atomic E-state index is 13.7. The van der Waals surface area contributed by atoms with Gasteiger partial charge in [-0.1, -0.05) is 30.3 Å². The summed E-state index contributed by atoms with van der Waals surface area (Å²) in [5.41, 5.74) is 3.89. The molecule has 3 aromatic rings. The minimum atomic E-state index is -0.179. The number of hydrogen-bond acceptors (Lipinski definition) is 4. The second-order valence-electron chi connectivity index (χ2n) is 6.54. The number of benzene rings is 2. The first-order chi connectivity index (χ1) is 13.1. The van der Waals surface area contributed by atoms with E-state index in [1.165, 1.54) is 11.6 Å². The molecule has 27 heavy (non-hydrogen) atoms. The first kappa shape index (κ1) is 18.8. The van der Waals surface area contributed by atoms with E-state index in [4.69, 9.17) is 0 Å². The molecule has 5 heteroatoms. The summed E-state index contributed by atoms with van der Waals surface area (Å²) in [5, 5.41) is 3.23. The molecule has 0 bridgehead atoms. The van der Waals surface area contributed by atoms with Crippen LogP contribution in [0.5, 0.6) is 0 Å². The van der Waals surface area contributed by atoms with Crippen LogP contribution in [0, 0.1) is 19.7 Å². The van der Waals surface area contributed by atoms with Crippen LogP contribution in [0.3, 0.4) is 0 Å². The highest BCUT2D eigenvalue weighted by molar-refractivity contribution is 5.61. The molecule has 0 unspecified atom stereocenters. The van der Waals surface area contributed by atoms with Gasteiger partial charge < -0.3 is 10.2 Å². The molecule has 2 aromatic carbocycles. The lowest BCUT2D eigenvalue weighted by atomic mass is 10.1. The zero-order chi connectivity index (χ0) is 19.2. The average molecular weight is 364 g/mol. The van der Waals surface area contributed by atoms with Crippen molar-refractivity contribution in [1.82, 2.24) is 9.97 Å². The average Bonchev–Trinajstić information content (AvgIpc) is 2.64. The summed E-state index contributed by atoms with van der Waals surface area (Å²) in [5.74, 6) is 1.23. The normalized spacial score (nSPS) is 10.7. The van der Waals surface area contributed by atoms with Gasteiger partial charge in [0.15, 0.2) is 0 Å². The fourth-order valence-corrected chi connectivity index (χ4v) is 3.05. The van der Waals surface area contributed by atoms with E-state index in [0.29, 0.717) is 24.5 Å². The maximum Gasteiger partial charge on any atom is 0.224 e. The predicted molar refractivity (Wildman–Crippen MR) is 109 cm³/mol. The highest BCUT2D eigenvalue weighted by Gasteiger charge is 2.11. The van der Waals surface area contributed by atoms with Gasteiger partial charge >= 0.3 is 0 Å². The first-order valence-electron chi connectivity index (χ1n) is 9.24. The van der Waals surface area contributed by atoms with Gasteiger partial charge in [0.2, 0.25) is 5.95 Å². The Morgan fingerprint density at radius 1 is 1.00 bits per heavy atom. The molecule has 1 aromatic heterocycles. The van der Waals surface area contributed by atoms with Crippen LogP contribution in [-0.4, -0.2) is 23.1 Å². The summed E-state index contributed by atoms with van der Waals surface area (Å²) in [7, 11) is 0. The Morgan fingerprint density at radius 3 is 2.56 bits per heavy atom. The second-order valence-corrected chi connectivity index (χ2v) is 6.54. The van der Waals surface area contributed by atoms with E-state index in [2.05, 4.69) is 58.3 Å². The Balaban J connectivity index is 1.76. The van der Waals surface area contributed by atoms with E-state index in [1.807, 2.05) is 19.1 Å². The molecule has 1 heterocycles. The molecule has 0 saturated heterocycles. The topological polar surface area (TPSA) is 41.1 Å². The van der Waals surface area contributed by atoms with Gasteiger partial charge in [-0.25, -0.2) is 9.37 Å². The molecule has 3 rings (SSSR count). The maximum absolute atomic E-state index is 13.7. The van der Waals surface area contributed by atoms with Crippen molar-refractivity contribution in [1.29, 1.82) is 0 Å². The molecule has 0 aliphatic rings. The summed E-state index contributed by atoms with van der Waals surface area (Å²) in [6.07, 6.45) is 0.578. The number of halogens is 1. The van der Waals surface area contributed by atoms with Crippen LogP contribution in [0.4, 0.5) is 21.8 Å². The number of anilines is 3. The number of hydrogen-bond donors (Lipinski definition) is 1. The SMILES string of the molecule is CCN(c1cccc(C)c1)c1cc(C)nc(NCCc2ccccc2F)n1. The van der Waals surface area contributed by atoms with Gasteiger partial charge in [0.1, 0.15) is 11.6 Å². The minimum absolute atomic E-state index is 0.179. The fourth-order valence-electron chi connectivity index (χ4n) is 3.05. The molecule has 0 radical (unpaired) electrons. The van der Waals surface area contributed by atoms with E-state index in [-0.39, 0.29) is 5.82 Å². The van der Waals surface area contributed by atoms with Crippen molar-refractivity contribution in [2.75, 3.05) is 23.3 Å². The Morgan fingerprint density at radius 2 is 1.81 bits per heavy atom. The van der Waals surface area contributed by atoms with Crippen molar-refractivity contribution in [3.63, 3.8) is 0 Å². The Hall–Kier alpha value is -2.95. The zero-order valence-corrected chi connectivity index (χ0v) is 16.0. The van der Waals surface area contributed by atoms with Crippen LogP contribution in [0.15, 0.2) is 54.6 Å². The lowest BCUT2D eigenvalue weighted by Crippen LogP contribution is -2.19. The predicted octanol–water partition coefficient (Wildman–Crippen LogP) is 5.05. The van der Waals surface area contributed by atoms with Crippen molar-refractivity contribution in [3.8, 4) is 0 Å². The lowest BCUT2D eigenvalue weighted by molar-refractivity contribution is 0.610. The third kappa shape index (κ3) is 4.82. The van der Waals surface area contributed by atoms with Crippen LogP contribution >= 0.6 is 0 Å². The molecule has 0 spiro atoms. The first-order valence-corrected chi connectivity index (χ1v) is 9.24. The van der Waals surface area contributed by atoms with Gasteiger partial charge in [0.05, 0.1) is 0 Å². The molecule has 1 N–H and O–H groups in total. The molecule has 4 nitrogen and oxygen atoms in total. The van der Waals surface area contributed by atoms with E-state index in [9.17, 15) is 4.39 Å². The molecule has 0 fully saturated rings. The van der Waals surface area contributed by atoms with Gasteiger partial charge in [-0.2, -0.15) is 4.98 Å². The molecular weight excluding hydrogens is 339 g/mol. The second kappa shape index (κ2) is 8.62.